The summed E-state index contributed by atoms with van der Waals surface area (Å²) in [7, 11) is 2.43. The fraction of sp³-hybridized carbons (Fsp3) is 0.333. The van der Waals surface area contributed by atoms with E-state index in [1.165, 1.54) is 26.4 Å². The van der Waals surface area contributed by atoms with Gasteiger partial charge in [-0.2, -0.15) is 0 Å². The van der Waals surface area contributed by atoms with E-state index in [-0.39, 0.29) is 12.2 Å². The van der Waals surface area contributed by atoms with Gasteiger partial charge in [0.2, 0.25) is 0 Å². The minimum Gasteiger partial charge on any atom is -0.508 e. The van der Waals surface area contributed by atoms with E-state index in [0.29, 0.717) is 0 Å². The standard InChI is InChI=1S/C12H14O5/c1-16-11(14)10(12(15)17-2)7-8-3-5-9(13)6-4-8/h3-6,10,13H,7H2,1-2H3. The van der Waals surface area contributed by atoms with Crippen molar-refractivity contribution < 1.29 is 24.2 Å². The number of esters is 2. The molecule has 0 bridgehead atoms. The number of phenols is 1. The summed E-state index contributed by atoms with van der Waals surface area (Å²) in [5.41, 5.74) is 0.739. The van der Waals surface area contributed by atoms with Crippen molar-refractivity contribution in [2.75, 3.05) is 14.2 Å². The van der Waals surface area contributed by atoms with Crippen molar-refractivity contribution in [3.8, 4) is 5.75 Å². The van der Waals surface area contributed by atoms with Crippen LogP contribution in [0, 0.1) is 5.92 Å². The molecule has 5 heteroatoms. The highest BCUT2D eigenvalue weighted by molar-refractivity contribution is 5.95. The van der Waals surface area contributed by atoms with Gasteiger partial charge in [0.25, 0.3) is 0 Å². The van der Waals surface area contributed by atoms with Gasteiger partial charge in [0.1, 0.15) is 5.75 Å². The van der Waals surface area contributed by atoms with Crippen LogP contribution in [0.3, 0.4) is 0 Å². The lowest BCUT2D eigenvalue weighted by molar-refractivity contribution is -0.158. The SMILES string of the molecule is COC(=O)C(Cc1ccc(O)cc1)C(=O)OC. The van der Waals surface area contributed by atoms with Crippen LogP contribution in [0.4, 0.5) is 0 Å². The Kier molecular flexibility index (Phi) is 4.51. The molecule has 1 aromatic carbocycles. The van der Waals surface area contributed by atoms with Crippen molar-refractivity contribution in [3.05, 3.63) is 29.8 Å². The van der Waals surface area contributed by atoms with E-state index < -0.39 is 17.9 Å². The lowest BCUT2D eigenvalue weighted by atomic mass is 9.99. The van der Waals surface area contributed by atoms with E-state index in [1.807, 2.05) is 0 Å². The smallest absolute Gasteiger partial charge is 0.320 e. The number of carbonyl (C=O) groups excluding carboxylic acids is 2. The third kappa shape index (κ3) is 3.48. The van der Waals surface area contributed by atoms with Gasteiger partial charge in [-0.15, -0.1) is 0 Å². The molecule has 1 rings (SSSR count). The maximum absolute atomic E-state index is 11.4. The summed E-state index contributed by atoms with van der Waals surface area (Å²) in [5.74, 6) is -2.12. The molecular formula is C12H14O5. The summed E-state index contributed by atoms with van der Waals surface area (Å²) in [5, 5.41) is 9.12. The largest absolute Gasteiger partial charge is 0.508 e. The molecule has 0 atom stereocenters. The lowest BCUT2D eigenvalue weighted by Crippen LogP contribution is -2.28. The van der Waals surface area contributed by atoms with Gasteiger partial charge in [-0.05, 0) is 24.1 Å². The van der Waals surface area contributed by atoms with Gasteiger partial charge < -0.3 is 14.6 Å². The minimum atomic E-state index is -0.977. The van der Waals surface area contributed by atoms with Crippen LogP contribution in [0.1, 0.15) is 5.56 Å². The molecule has 92 valence electrons. The molecule has 1 N–H and O–H groups in total. The first-order chi connectivity index (χ1) is 8.08. The minimum absolute atomic E-state index is 0.126. The zero-order chi connectivity index (χ0) is 12.8. The quantitative estimate of drug-likeness (QED) is 0.623. The monoisotopic (exact) mass is 238 g/mol. The van der Waals surface area contributed by atoms with E-state index >= 15 is 0 Å². The van der Waals surface area contributed by atoms with Crippen molar-refractivity contribution in [2.45, 2.75) is 6.42 Å². The van der Waals surface area contributed by atoms with Crippen molar-refractivity contribution in [1.29, 1.82) is 0 Å². The molecule has 0 amide bonds. The van der Waals surface area contributed by atoms with Crippen LogP contribution in [-0.2, 0) is 25.5 Å². The summed E-state index contributed by atoms with van der Waals surface area (Å²) in [6.45, 7) is 0. The predicted octanol–water partition coefficient (Wildman–Crippen LogP) is 0.897. The number of methoxy groups -OCH3 is 2. The van der Waals surface area contributed by atoms with Gasteiger partial charge in [0.15, 0.2) is 5.92 Å². The zero-order valence-corrected chi connectivity index (χ0v) is 9.67. The predicted molar refractivity (Wildman–Crippen MR) is 59.3 cm³/mol. The number of benzene rings is 1. The molecule has 0 aliphatic heterocycles. The summed E-state index contributed by atoms with van der Waals surface area (Å²) in [6.07, 6.45) is 0.180. The molecule has 0 heterocycles. The molecule has 0 aromatic heterocycles. The van der Waals surface area contributed by atoms with E-state index in [4.69, 9.17) is 5.11 Å². The van der Waals surface area contributed by atoms with Crippen molar-refractivity contribution in [3.63, 3.8) is 0 Å². The molecule has 17 heavy (non-hydrogen) atoms. The molecule has 0 saturated heterocycles. The average molecular weight is 238 g/mol. The molecule has 0 spiro atoms. The van der Waals surface area contributed by atoms with E-state index in [9.17, 15) is 9.59 Å². The first-order valence-electron chi connectivity index (χ1n) is 5.02. The number of hydrogen-bond donors (Lipinski definition) is 1. The van der Waals surface area contributed by atoms with Crippen LogP contribution < -0.4 is 0 Å². The molecular weight excluding hydrogens is 224 g/mol. The van der Waals surface area contributed by atoms with Crippen LogP contribution in [0.15, 0.2) is 24.3 Å². The Morgan fingerprint density at radius 1 is 1.12 bits per heavy atom. The fourth-order valence-corrected chi connectivity index (χ4v) is 1.42. The molecule has 0 aliphatic carbocycles. The van der Waals surface area contributed by atoms with Crippen LogP contribution in [0.25, 0.3) is 0 Å². The second kappa shape index (κ2) is 5.89. The zero-order valence-electron chi connectivity index (χ0n) is 9.67. The Hall–Kier alpha value is -2.04. The number of carbonyl (C=O) groups is 2. The van der Waals surface area contributed by atoms with Gasteiger partial charge in [-0.3, -0.25) is 9.59 Å². The maximum Gasteiger partial charge on any atom is 0.320 e. The van der Waals surface area contributed by atoms with Crippen LogP contribution >= 0.6 is 0 Å². The van der Waals surface area contributed by atoms with Gasteiger partial charge >= 0.3 is 11.9 Å². The molecule has 0 saturated carbocycles. The Labute approximate surface area is 99.0 Å². The van der Waals surface area contributed by atoms with Crippen LogP contribution in [-0.4, -0.2) is 31.3 Å². The highest BCUT2D eigenvalue weighted by Crippen LogP contribution is 2.15. The number of aromatic hydroxyl groups is 1. The second-order valence-corrected chi connectivity index (χ2v) is 3.47. The van der Waals surface area contributed by atoms with Crippen molar-refractivity contribution in [2.24, 2.45) is 5.92 Å². The van der Waals surface area contributed by atoms with Gasteiger partial charge in [0, 0.05) is 0 Å². The van der Waals surface area contributed by atoms with Crippen LogP contribution in [0.2, 0.25) is 0 Å². The normalized spacial score (nSPS) is 10.1. The number of hydrogen-bond acceptors (Lipinski definition) is 5. The third-order valence-corrected chi connectivity index (χ3v) is 2.35. The van der Waals surface area contributed by atoms with E-state index in [2.05, 4.69) is 9.47 Å². The van der Waals surface area contributed by atoms with Crippen molar-refractivity contribution in [1.82, 2.24) is 0 Å². The van der Waals surface area contributed by atoms with Gasteiger partial charge in [-0.1, -0.05) is 12.1 Å². The highest BCUT2D eigenvalue weighted by atomic mass is 16.5. The first kappa shape index (κ1) is 13.0. The number of ether oxygens (including phenoxy) is 2. The topological polar surface area (TPSA) is 72.8 Å². The molecule has 1 aromatic rings. The highest BCUT2D eigenvalue weighted by Gasteiger charge is 2.28. The van der Waals surface area contributed by atoms with Crippen LogP contribution in [0.5, 0.6) is 5.75 Å². The van der Waals surface area contributed by atoms with E-state index in [0.717, 1.165) is 5.56 Å². The van der Waals surface area contributed by atoms with Gasteiger partial charge in [-0.25, -0.2) is 0 Å². The van der Waals surface area contributed by atoms with Gasteiger partial charge in [0.05, 0.1) is 14.2 Å². The summed E-state index contributed by atoms with van der Waals surface area (Å²) in [4.78, 5) is 22.8. The summed E-state index contributed by atoms with van der Waals surface area (Å²) < 4.78 is 9.08. The Balaban J connectivity index is 2.82. The molecule has 0 unspecified atom stereocenters. The summed E-state index contributed by atoms with van der Waals surface area (Å²) in [6, 6.07) is 6.24. The second-order valence-electron chi connectivity index (χ2n) is 3.47. The maximum atomic E-state index is 11.4. The Morgan fingerprint density at radius 2 is 1.59 bits per heavy atom. The Morgan fingerprint density at radius 3 is 2.00 bits per heavy atom. The van der Waals surface area contributed by atoms with E-state index in [1.54, 1.807) is 12.1 Å². The Bertz CT molecular complexity index is 380. The summed E-state index contributed by atoms with van der Waals surface area (Å²) >= 11 is 0. The molecule has 0 aliphatic rings. The average Bonchev–Trinajstić information content (AvgIpc) is 2.36. The molecule has 5 nitrogen and oxygen atoms in total. The molecule has 0 radical (unpaired) electrons. The number of rotatable bonds is 4. The molecule has 0 fully saturated rings. The first-order valence-corrected chi connectivity index (χ1v) is 5.02. The fourth-order valence-electron chi connectivity index (χ4n) is 1.42. The lowest BCUT2D eigenvalue weighted by Gasteiger charge is -2.12. The van der Waals surface area contributed by atoms with Crippen molar-refractivity contribution >= 4 is 11.9 Å². The third-order valence-electron chi connectivity index (χ3n) is 2.35. The number of phenolic OH excluding ortho intramolecular Hbond substituents is 1.